The van der Waals surface area contributed by atoms with Crippen LogP contribution >= 0.6 is 35.2 Å². The lowest BCUT2D eigenvalue weighted by atomic mass is 9.87. The third-order valence-electron chi connectivity index (χ3n) is 11.1. The summed E-state index contributed by atoms with van der Waals surface area (Å²) in [6.45, 7) is 2.77. The number of thioether (sulfide) groups is 1. The van der Waals surface area contributed by atoms with Crippen molar-refractivity contribution in [1.29, 1.82) is 0 Å². The number of fused-ring (bicyclic) bond motifs is 1. The Balaban J connectivity index is 1.26. The van der Waals surface area contributed by atoms with Gasteiger partial charge in [0.15, 0.2) is 22.8 Å². The fourth-order valence-corrected chi connectivity index (χ4v) is 10.7. The Bertz CT molecular complexity index is 2300. The van der Waals surface area contributed by atoms with Gasteiger partial charge in [-0.15, -0.1) is 0 Å². The minimum absolute atomic E-state index is 0.0311. The first-order chi connectivity index (χ1) is 34.1. The number of nitrogens with zero attached hydrogens (tertiary/aromatic N) is 4. The molecule has 72 heavy (non-hydrogen) atoms. The summed E-state index contributed by atoms with van der Waals surface area (Å²) in [5, 5.41) is 26.7. The highest BCUT2D eigenvalue weighted by molar-refractivity contribution is 8.13. The Hall–Kier alpha value is -3.32. The molecule has 1 saturated heterocycles. The van der Waals surface area contributed by atoms with Crippen LogP contribution in [0, 0.1) is 29.1 Å². The largest absolute Gasteiger partial charge is 0.481 e. The van der Waals surface area contributed by atoms with E-state index in [-0.39, 0.29) is 41.6 Å². The van der Waals surface area contributed by atoms with E-state index in [0.717, 1.165) is 86.8 Å². The number of hydrogen-bond donors (Lipinski definition) is 9. The predicted octanol–water partition coefficient (Wildman–Crippen LogP) is 5.32. The number of anilines is 1. The normalized spacial score (nSPS) is 19.1. The van der Waals surface area contributed by atoms with Gasteiger partial charge in [0.2, 0.25) is 11.8 Å². The van der Waals surface area contributed by atoms with E-state index in [1.54, 1.807) is 0 Å². The van der Waals surface area contributed by atoms with Gasteiger partial charge in [-0.1, -0.05) is 115 Å². The van der Waals surface area contributed by atoms with E-state index in [9.17, 15) is 57.9 Å². The fourth-order valence-electron chi connectivity index (χ4n) is 7.12. The minimum Gasteiger partial charge on any atom is -0.386 e. The third kappa shape index (κ3) is 24.4. The van der Waals surface area contributed by atoms with Crippen LogP contribution in [-0.4, -0.2) is 123 Å². The molecule has 1 fully saturated rings. The molecule has 10 N–H and O–H groups in total. The molecule has 2 unspecified atom stereocenters. The summed E-state index contributed by atoms with van der Waals surface area (Å²) < 4.78 is 62.5. The number of aliphatic hydroxyl groups is 2. The molecule has 1 aliphatic heterocycles. The molecule has 24 nitrogen and oxygen atoms in total. The number of carbonyl (C=O) groups excluding carboxylic acids is 3. The van der Waals surface area contributed by atoms with Gasteiger partial charge in [-0.3, -0.25) is 32.5 Å². The number of rotatable bonds is 35. The van der Waals surface area contributed by atoms with E-state index in [0.29, 0.717) is 12.2 Å². The maximum absolute atomic E-state index is 12.8. The van der Waals surface area contributed by atoms with Gasteiger partial charge in [0, 0.05) is 49.9 Å². The second-order valence-corrected chi connectivity index (χ2v) is 23.1. The zero-order chi connectivity index (χ0) is 53.2. The lowest BCUT2D eigenvalue weighted by Gasteiger charge is -2.30. The number of amides is 2. The number of nitrogen functional groups attached to an aromatic ring is 1. The van der Waals surface area contributed by atoms with Gasteiger partial charge in [-0.25, -0.2) is 28.6 Å². The molecule has 0 bridgehead atoms. The maximum Gasteiger partial charge on any atom is 0.481 e. The van der Waals surface area contributed by atoms with Crippen LogP contribution in [0.5, 0.6) is 0 Å². The maximum atomic E-state index is 12.8. The summed E-state index contributed by atoms with van der Waals surface area (Å²) in [4.78, 5) is 88.5. The molecule has 0 saturated carbocycles. The molecule has 7 atom stereocenters. The van der Waals surface area contributed by atoms with Gasteiger partial charge < -0.3 is 50.9 Å². The standard InChI is InChI=1S/C44H72N7O17P3S/c1-4-5-6-7-8-9-10-11-12-13-14-15-16-17-18-19-20-21-22-23-24-35(53)72-28-27-46-34(52)25-26-47-42(56)39(55)44(2,3)30-65-71(62,63)68-70(60,61)64-29-33-38(67-69(57,58)59)37(54)43(66-33)51-32-50-36-40(45)48-31-49-41(36)51/h31-33,37-39,43,54-55H,4-12,17-30H2,1-3H3,(H,46,52)(H,47,56)(H,60,61)(H,62,63)(H2,45,48,49)(H2,57,58,59)/t33-,37-,38-,39+,43-/m1/s1. The van der Waals surface area contributed by atoms with Crippen molar-refractivity contribution >= 4 is 69.1 Å². The Morgan fingerprint density at radius 3 is 2.07 bits per heavy atom. The third-order valence-corrected chi connectivity index (χ3v) is 15.1. The average molecular weight is 1100 g/mol. The Kier molecular flexibility index (Phi) is 28.2. The Morgan fingerprint density at radius 2 is 1.44 bits per heavy atom. The zero-order valence-electron chi connectivity index (χ0n) is 41.1. The molecule has 0 aliphatic carbocycles. The van der Waals surface area contributed by atoms with Crippen molar-refractivity contribution in [2.75, 3.05) is 37.8 Å². The number of hydrogen-bond acceptors (Lipinski definition) is 18. The number of unbranched alkanes of at least 4 members (excludes halogenated alkanes) is 14. The molecule has 28 heteroatoms. The number of imidazole rings is 1. The SMILES string of the molecule is CCCCCCCCCCC#CC#CCCCCCCCCC(=O)SCCNC(=O)CCNC(=O)[C@H](O)C(C)(C)COP(=O)(O)OP(=O)(O)OC[C@H]1O[C@@H](n2cnc3c(N)ncnc32)[C@H](O)[C@@H]1OP(=O)(O)O. The van der Waals surface area contributed by atoms with Crippen LogP contribution in [-0.2, 0) is 50.7 Å². The summed E-state index contributed by atoms with van der Waals surface area (Å²) in [7, 11) is -16.4. The molecular formula is C44H72N7O17P3S. The molecule has 2 amide bonds. The van der Waals surface area contributed by atoms with E-state index in [1.165, 1.54) is 58.8 Å². The van der Waals surface area contributed by atoms with Crippen LogP contribution in [0.1, 0.15) is 143 Å². The highest BCUT2D eigenvalue weighted by Gasteiger charge is 2.50. The molecule has 0 spiro atoms. The van der Waals surface area contributed by atoms with Gasteiger partial charge in [0.1, 0.15) is 36.3 Å². The lowest BCUT2D eigenvalue weighted by molar-refractivity contribution is -0.137. The molecule has 2 aromatic heterocycles. The number of nitrogens with two attached hydrogens (primary N) is 1. The van der Waals surface area contributed by atoms with Crippen molar-refractivity contribution in [1.82, 2.24) is 30.2 Å². The van der Waals surface area contributed by atoms with Gasteiger partial charge in [0.05, 0.1) is 19.5 Å². The molecule has 0 radical (unpaired) electrons. The topological polar surface area (TPSA) is 364 Å². The molecule has 1 aliphatic rings. The molecule has 3 heterocycles. The summed E-state index contributed by atoms with van der Waals surface area (Å²) in [5.74, 6) is 11.1. The monoisotopic (exact) mass is 1100 g/mol. The van der Waals surface area contributed by atoms with E-state index in [1.807, 2.05) is 0 Å². The molecule has 3 rings (SSSR count). The molecule has 2 aromatic rings. The first kappa shape index (κ1) is 63.0. The number of aromatic nitrogens is 4. The van der Waals surface area contributed by atoms with Crippen LogP contribution in [0.15, 0.2) is 12.7 Å². The van der Waals surface area contributed by atoms with Crippen molar-refractivity contribution < 1.29 is 80.5 Å². The highest BCUT2D eigenvalue weighted by atomic mass is 32.2. The van der Waals surface area contributed by atoms with Gasteiger partial charge in [-0.2, -0.15) is 4.31 Å². The van der Waals surface area contributed by atoms with Crippen LogP contribution in [0.3, 0.4) is 0 Å². The van der Waals surface area contributed by atoms with Gasteiger partial charge >= 0.3 is 23.5 Å². The number of carbonyl (C=O) groups is 3. The summed E-state index contributed by atoms with van der Waals surface area (Å²) in [6, 6.07) is 0. The Morgan fingerprint density at radius 1 is 0.847 bits per heavy atom. The number of phosphoric acid groups is 3. The van der Waals surface area contributed by atoms with Crippen molar-refractivity contribution in [3.8, 4) is 23.7 Å². The predicted molar refractivity (Wildman–Crippen MR) is 267 cm³/mol. The smallest absolute Gasteiger partial charge is 0.386 e. The van der Waals surface area contributed by atoms with Crippen molar-refractivity contribution in [3.05, 3.63) is 12.7 Å². The van der Waals surface area contributed by atoms with Crippen molar-refractivity contribution in [3.63, 3.8) is 0 Å². The first-order valence-corrected chi connectivity index (χ1v) is 29.6. The van der Waals surface area contributed by atoms with Crippen molar-refractivity contribution in [2.24, 2.45) is 5.41 Å². The fraction of sp³-hybridized carbons (Fsp3) is 0.727. The number of ether oxygens (including phenoxy) is 1. The highest BCUT2D eigenvalue weighted by Crippen LogP contribution is 2.61. The molecular weight excluding hydrogens is 1020 g/mol. The lowest BCUT2D eigenvalue weighted by Crippen LogP contribution is -2.46. The first-order valence-electron chi connectivity index (χ1n) is 24.1. The van der Waals surface area contributed by atoms with Crippen LogP contribution in [0.2, 0.25) is 0 Å². The minimum atomic E-state index is -5.58. The van der Waals surface area contributed by atoms with E-state index in [4.69, 9.17) is 19.5 Å². The summed E-state index contributed by atoms with van der Waals surface area (Å²) in [5.41, 5.74) is 4.28. The van der Waals surface area contributed by atoms with Crippen molar-refractivity contribution in [2.45, 2.75) is 167 Å². The van der Waals surface area contributed by atoms with E-state index >= 15 is 0 Å². The van der Waals surface area contributed by atoms with Crippen LogP contribution < -0.4 is 16.4 Å². The molecule has 406 valence electrons. The summed E-state index contributed by atoms with van der Waals surface area (Å²) >= 11 is 1.13. The number of aliphatic hydroxyl groups excluding tert-OH is 2. The second kappa shape index (κ2) is 32.2. The van der Waals surface area contributed by atoms with Gasteiger partial charge in [-0.05, 0) is 31.1 Å². The van der Waals surface area contributed by atoms with E-state index < -0.39 is 84.6 Å². The summed E-state index contributed by atoms with van der Waals surface area (Å²) in [6.07, 6.45) is 11.6. The Labute approximate surface area is 424 Å². The number of nitrogens with one attached hydrogen (secondary N) is 2. The van der Waals surface area contributed by atoms with E-state index in [2.05, 4.69) is 65.0 Å². The number of phosphoric ester groups is 3. The quantitative estimate of drug-likeness (QED) is 0.0239. The molecule has 0 aromatic carbocycles. The van der Waals surface area contributed by atoms with Gasteiger partial charge in [0.25, 0.3) is 0 Å². The second-order valence-electron chi connectivity index (χ2n) is 17.7. The zero-order valence-corrected chi connectivity index (χ0v) is 44.6. The average Bonchev–Trinajstić information content (AvgIpc) is 3.87. The van der Waals surface area contributed by atoms with Crippen LogP contribution in [0.4, 0.5) is 5.82 Å². The van der Waals surface area contributed by atoms with Crippen LogP contribution in [0.25, 0.3) is 11.2 Å².